The van der Waals surface area contributed by atoms with Gasteiger partial charge in [-0.05, 0) is 23.3 Å². The first-order valence-corrected chi connectivity index (χ1v) is 9.34. The topological polar surface area (TPSA) is 82.1 Å². The molecule has 0 amide bonds. The monoisotopic (exact) mass is 412 g/mol. The Balaban J connectivity index is 1.54. The van der Waals surface area contributed by atoms with Gasteiger partial charge in [0.15, 0.2) is 18.6 Å². The number of aliphatic hydroxyl groups excluding tert-OH is 1. The van der Waals surface area contributed by atoms with Gasteiger partial charge in [0.1, 0.15) is 12.7 Å². The van der Waals surface area contributed by atoms with Crippen LogP contribution in [-0.2, 0) is 23.8 Å². The quantitative estimate of drug-likeness (QED) is 0.556. The zero-order valence-electron chi connectivity index (χ0n) is 16.0. The zero-order chi connectivity index (χ0) is 21.3. The van der Waals surface area contributed by atoms with E-state index in [4.69, 9.17) is 14.2 Å². The fraction of sp³-hybridized carbons (Fsp3) is 0.217. The molecule has 0 spiro atoms. The highest BCUT2D eigenvalue weighted by Gasteiger charge is 2.47. The zero-order valence-corrected chi connectivity index (χ0v) is 16.0. The van der Waals surface area contributed by atoms with Crippen molar-refractivity contribution >= 4 is 24.1 Å². The number of halogens is 1. The van der Waals surface area contributed by atoms with Gasteiger partial charge in [-0.1, -0.05) is 60.7 Å². The molecule has 1 saturated heterocycles. The summed E-state index contributed by atoms with van der Waals surface area (Å²) in [6.07, 6.45) is -0.804. The summed E-state index contributed by atoms with van der Waals surface area (Å²) in [6, 6.07) is 18.1. The third-order valence-electron chi connectivity index (χ3n) is 4.33. The Morgan fingerprint density at radius 2 is 1.47 bits per heavy atom. The number of hydrogen-bond donors (Lipinski definition) is 1. The van der Waals surface area contributed by atoms with Crippen molar-refractivity contribution in [1.29, 1.82) is 0 Å². The molecule has 2 unspecified atom stereocenters. The van der Waals surface area contributed by atoms with E-state index in [1.54, 1.807) is 30.3 Å². The van der Waals surface area contributed by atoms with Gasteiger partial charge >= 0.3 is 11.9 Å². The van der Waals surface area contributed by atoms with Gasteiger partial charge in [0, 0.05) is 12.2 Å². The molecule has 0 radical (unpaired) electrons. The fourth-order valence-electron chi connectivity index (χ4n) is 2.82. The van der Waals surface area contributed by atoms with Crippen molar-refractivity contribution in [3.63, 3.8) is 0 Å². The summed E-state index contributed by atoms with van der Waals surface area (Å²) in [6.45, 7) is -0.379. The number of carbonyl (C=O) groups excluding carboxylic acids is 2. The smallest absolute Gasteiger partial charge is 0.331 e. The van der Waals surface area contributed by atoms with Gasteiger partial charge in [0.05, 0.1) is 0 Å². The molecule has 0 saturated carbocycles. The summed E-state index contributed by atoms with van der Waals surface area (Å²) in [7, 11) is 0. The number of ether oxygens (including phenoxy) is 3. The molecule has 1 N–H and O–H groups in total. The van der Waals surface area contributed by atoms with Crippen LogP contribution in [0.1, 0.15) is 11.1 Å². The first kappa shape index (κ1) is 21.4. The molecule has 1 heterocycles. The van der Waals surface area contributed by atoms with Gasteiger partial charge in [-0.3, -0.25) is 0 Å². The number of carbonyl (C=O) groups is 2. The van der Waals surface area contributed by atoms with Crippen LogP contribution in [0.2, 0.25) is 0 Å². The Hall–Kier alpha value is -3.29. The highest BCUT2D eigenvalue weighted by atomic mass is 19.1. The molecular formula is C23H21FO6. The number of hydrogen-bond acceptors (Lipinski definition) is 6. The SMILES string of the molecule is O=C(/C=C/c1ccccc1)OC[C@H]1OC(O)C(F)[C@@H]1OC(=O)/C=C/c1ccccc1. The van der Waals surface area contributed by atoms with Crippen molar-refractivity contribution in [2.24, 2.45) is 0 Å². The highest BCUT2D eigenvalue weighted by molar-refractivity contribution is 5.87. The molecule has 3 rings (SSSR count). The van der Waals surface area contributed by atoms with Crippen molar-refractivity contribution in [3.05, 3.63) is 83.9 Å². The van der Waals surface area contributed by atoms with Crippen LogP contribution >= 0.6 is 0 Å². The normalized spacial score (nSPS) is 23.7. The van der Waals surface area contributed by atoms with Crippen LogP contribution in [0.5, 0.6) is 0 Å². The van der Waals surface area contributed by atoms with Crippen LogP contribution in [0, 0.1) is 0 Å². The summed E-state index contributed by atoms with van der Waals surface area (Å²) in [4.78, 5) is 23.9. The molecule has 0 aliphatic carbocycles. The highest BCUT2D eigenvalue weighted by Crippen LogP contribution is 2.26. The maximum absolute atomic E-state index is 14.2. The summed E-state index contributed by atoms with van der Waals surface area (Å²) >= 11 is 0. The third-order valence-corrected chi connectivity index (χ3v) is 4.33. The van der Waals surface area contributed by atoms with Crippen LogP contribution in [0.4, 0.5) is 4.39 Å². The lowest BCUT2D eigenvalue weighted by Gasteiger charge is -2.18. The van der Waals surface area contributed by atoms with Gasteiger partial charge in [0.25, 0.3) is 0 Å². The van der Waals surface area contributed by atoms with Gasteiger partial charge in [-0.2, -0.15) is 0 Å². The second-order valence-electron chi connectivity index (χ2n) is 6.53. The van der Waals surface area contributed by atoms with Crippen molar-refractivity contribution in [2.75, 3.05) is 6.61 Å². The van der Waals surface area contributed by atoms with Crippen LogP contribution in [0.15, 0.2) is 72.8 Å². The largest absolute Gasteiger partial charge is 0.460 e. The van der Waals surface area contributed by atoms with Gasteiger partial charge in [0.2, 0.25) is 0 Å². The molecule has 6 nitrogen and oxygen atoms in total. The minimum absolute atomic E-state index is 0.379. The summed E-state index contributed by atoms with van der Waals surface area (Å²) in [5.41, 5.74) is 1.58. The first-order valence-electron chi connectivity index (χ1n) is 9.34. The number of rotatable bonds is 7. The van der Waals surface area contributed by atoms with Crippen molar-refractivity contribution in [2.45, 2.75) is 24.7 Å². The van der Waals surface area contributed by atoms with Crippen molar-refractivity contribution < 1.29 is 33.3 Å². The van der Waals surface area contributed by atoms with E-state index < -0.39 is 36.6 Å². The Morgan fingerprint density at radius 3 is 2.03 bits per heavy atom. The average molecular weight is 412 g/mol. The van der Waals surface area contributed by atoms with Crippen LogP contribution in [0.25, 0.3) is 12.2 Å². The minimum Gasteiger partial charge on any atom is -0.460 e. The third kappa shape index (κ3) is 6.10. The van der Waals surface area contributed by atoms with E-state index in [0.717, 1.165) is 17.2 Å². The van der Waals surface area contributed by atoms with E-state index in [1.807, 2.05) is 36.4 Å². The molecule has 7 heteroatoms. The predicted molar refractivity (Wildman–Crippen MR) is 108 cm³/mol. The van der Waals surface area contributed by atoms with Gasteiger partial charge in [-0.25, -0.2) is 14.0 Å². The maximum Gasteiger partial charge on any atom is 0.331 e. The average Bonchev–Trinajstić information content (AvgIpc) is 3.04. The van der Waals surface area contributed by atoms with E-state index in [0.29, 0.717) is 0 Å². The Kier molecular flexibility index (Phi) is 7.48. The summed E-state index contributed by atoms with van der Waals surface area (Å²) in [5.74, 6) is -1.47. The molecule has 2 aromatic carbocycles. The molecular weight excluding hydrogens is 391 g/mol. The second-order valence-corrected chi connectivity index (χ2v) is 6.53. The molecule has 1 fully saturated rings. The second kappa shape index (κ2) is 10.5. The van der Waals surface area contributed by atoms with E-state index in [-0.39, 0.29) is 6.61 Å². The van der Waals surface area contributed by atoms with Gasteiger partial charge in [-0.15, -0.1) is 0 Å². The molecule has 30 heavy (non-hydrogen) atoms. The number of aliphatic hydroxyl groups is 1. The molecule has 1 aliphatic rings. The molecule has 2 aromatic rings. The first-order chi connectivity index (χ1) is 14.5. The van der Waals surface area contributed by atoms with E-state index in [1.165, 1.54) is 12.2 Å². The molecule has 0 bridgehead atoms. The number of alkyl halides is 1. The molecule has 4 atom stereocenters. The van der Waals surface area contributed by atoms with Crippen molar-refractivity contribution in [3.8, 4) is 0 Å². The lowest BCUT2D eigenvalue weighted by Crippen LogP contribution is -2.36. The van der Waals surface area contributed by atoms with Crippen LogP contribution in [0.3, 0.4) is 0 Å². The Morgan fingerprint density at radius 1 is 0.933 bits per heavy atom. The molecule has 156 valence electrons. The predicted octanol–water partition coefficient (Wildman–Crippen LogP) is 2.92. The Labute approximate surface area is 173 Å². The van der Waals surface area contributed by atoms with Gasteiger partial charge < -0.3 is 19.3 Å². The fourth-order valence-corrected chi connectivity index (χ4v) is 2.82. The van der Waals surface area contributed by atoms with E-state index in [2.05, 4.69) is 0 Å². The lowest BCUT2D eigenvalue weighted by atomic mass is 10.1. The Bertz CT molecular complexity index is 896. The van der Waals surface area contributed by atoms with Crippen LogP contribution in [-0.4, -0.2) is 48.3 Å². The minimum atomic E-state index is -1.96. The van der Waals surface area contributed by atoms with E-state index in [9.17, 15) is 19.1 Å². The van der Waals surface area contributed by atoms with Crippen LogP contribution < -0.4 is 0 Å². The molecule has 1 aliphatic heterocycles. The summed E-state index contributed by atoms with van der Waals surface area (Å²) < 4.78 is 29.4. The number of benzene rings is 2. The van der Waals surface area contributed by atoms with E-state index >= 15 is 0 Å². The van der Waals surface area contributed by atoms with Crippen molar-refractivity contribution in [1.82, 2.24) is 0 Å². The lowest BCUT2D eigenvalue weighted by molar-refractivity contribution is -0.156. The molecule has 0 aromatic heterocycles. The standard InChI is InChI=1S/C23H21FO6/c24-21-22(30-20(26)14-12-17-9-5-2-6-10-17)18(29-23(21)27)15-28-19(25)13-11-16-7-3-1-4-8-16/h1-14,18,21-23,27H,15H2/b13-11+,14-12+/t18-,21?,22-,23?/m1/s1. The summed E-state index contributed by atoms with van der Waals surface area (Å²) in [5, 5.41) is 9.62. The maximum atomic E-state index is 14.2. The number of esters is 2.